The zero-order valence-corrected chi connectivity index (χ0v) is 19.1. The molecular formula is C23H21ClINO3. The predicted molar refractivity (Wildman–Crippen MR) is 125 cm³/mol. The molecule has 0 radical (unpaired) electrons. The Kier molecular flexibility index (Phi) is 7.39. The fourth-order valence-corrected chi connectivity index (χ4v) is 3.56. The molecule has 0 atom stereocenters. The fourth-order valence-electron chi connectivity index (χ4n) is 2.68. The van der Waals surface area contributed by atoms with Crippen LogP contribution < -0.4 is 14.8 Å². The van der Waals surface area contributed by atoms with Crippen LogP contribution in [0.4, 0.5) is 5.69 Å². The topological polar surface area (TPSA) is 47.6 Å². The maximum Gasteiger partial charge on any atom is 0.255 e. The van der Waals surface area contributed by atoms with Crippen molar-refractivity contribution in [1.82, 2.24) is 0 Å². The molecule has 0 heterocycles. The number of carbonyl (C=O) groups is 1. The van der Waals surface area contributed by atoms with Gasteiger partial charge in [0.05, 0.1) is 10.2 Å². The number of ether oxygens (including phenoxy) is 2. The summed E-state index contributed by atoms with van der Waals surface area (Å²) >= 11 is 8.06. The van der Waals surface area contributed by atoms with E-state index in [9.17, 15) is 4.79 Å². The summed E-state index contributed by atoms with van der Waals surface area (Å²) in [7, 11) is 0. The lowest BCUT2D eigenvalue weighted by Crippen LogP contribution is -2.13. The van der Waals surface area contributed by atoms with Crippen molar-refractivity contribution >= 4 is 45.8 Å². The second-order valence-electron chi connectivity index (χ2n) is 6.45. The summed E-state index contributed by atoms with van der Waals surface area (Å²) in [5.41, 5.74) is 3.44. The highest BCUT2D eigenvalue weighted by atomic mass is 127. The van der Waals surface area contributed by atoms with Crippen LogP contribution >= 0.6 is 34.2 Å². The third-order valence-corrected chi connectivity index (χ3v) is 5.23. The molecule has 0 spiro atoms. The van der Waals surface area contributed by atoms with Gasteiger partial charge in [0.25, 0.3) is 5.91 Å². The number of anilines is 1. The van der Waals surface area contributed by atoms with Gasteiger partial charge in [0.1, 0.15) is 6.61 Å². The van der Waals surface area contributed by atoms with Crippen LogP contribution in [0.3, 0.4) is 0 Å². The number of hydrogen-bond donors (Lipinski definition) is 1. The van der Waals surface area contributed by atoms with Gasteiger partial charge in [-0.3, -0.25) is 4.79 Å². The van der Waals surface area contributed by atoms with E-state index in [4.69, 9.17) is 21.1 Å². The van der Waals surface area contributed by atoms with Crippen LogP contribution in [0, 0.1) is 10.5 Å². The molecule has 1 N–H and O–H groups in total. The highest BCUT2D eigenvalue weighted by Crippen LogP contribution is 2.35. The van der Waals surface area contributed by atoms with Gasteiger partial charge in [0.2, 0.25) is 0 Å². The standard InChI is InChI=1S/C23H21ClINO3/c1-3-28-21-13-17(23(27)26-19-10-8-18(24)9-11-19)12-20(25)22(21)29-14-16-6-4-15(2)5-7-16/h4-13H,3,14H2,1-2H3,(H,26,27). The summed E-state index contributed by atoms with van der Waals surface area (Å²) in [6.07, 6.45) is 0. The van der Waals surface area contributed by atoms with E-state index < -0.39 is 0 Å². The minimum absolute atomic E-state index is 0.226. The Bertz CT molecular complexity index is 988. The molecule has 3 aromatic rings. The molecule has 1 amide bonds. The van der Waals surface area contributed by atoms with Crippen molar-refractivity contribution in [3.63, 3.8) is 0 Å². The molecule has 0 aliphatic carbocycles. The van der Waals surface area contributed by atoms with Crippen molar-refractivity contribution in [2.24, 2.45) is 0 Å². The molecule has 0 aliphatic heterocycles. The van der Waals surface area contributed by atoms with Gasteiger partial charge < -0.3 is 14.8 Å². The first-order chi connectivity index (χ1) is 14.0. The van der Waals surface area contributed by atoms with Gasteiger partial charge in [-0.25, -0.2) is 0 Å². The third-order valence-electron chi connectivity index (χ3n) is 4.18. The molecule has 0 aliphatic rings. The van der Waals surface area contributed by atoms with Crippen molar-refractivity contribution in [3.8, 4) is 11.5 Å². The molecule has 3 aromatic carbocycles. The number of hydrogen-bond acceptors (Lipinski definition) is 3. The summed E-state index contributed by atoms with van der Waals surface area (Å²) in [5.74, 6) is 0.958. The number of benzene rings is 3. The van der Waals surface area contributed by atoms with E-state index in [0.717, 1.165) is 9.13 Å². The molecule has 0 saturated heterocycles. The average Bonchev–Trinajstić information content (AvgIpc) is 2.70. The molecule has 0 saturated carbocycles. The van der Waals surface area contributed by atoms with Crippen LogP contribution in [0.15, 0.2) is 60.7 Å². The largest absolute Gasteiger partial charge is 0.490 e. The van der Waals surface area contributed by atoms with Gasteiger partial charge in [-0.2, -0.15) is 0 Å². The van der Waals surface area contributed by atoms with E-state index in [0.29, 0.717) is 41.0 Å². The lowest BCUT2D eigenvalue weighted by Gasteiger charge is -2.16. The SMILES string of the molecule is CCOc1cc(C(=O)Nc2ccc(Cl)cc2)cc(I)c1OCc1ccc(C)cc1. The van der Waals surface area contributed by atoms with Gasteiger partial charge in [-0.05, 0) is 78.4 Å². The van der Waals surface area contributed by atoms with Crippen molar-refractivity contribution in [3.05, 3.63) is 85.9 Å². The molecule has 3 rings (SSSR count). The summed E-state index contributed by atoms with van der Waals surface area (Å²) < 4.78 is 12.6. The molecule has 4 nitrogen and oxygen atoms in total. The van der Waals surface area contributed by atoms with Crippen LogP contribution in [0.25, 0.3) is 0 Å². The number of amides is 1. The van der Waals surface area contributed by atoms with Gasteiger partial charge in [-0.1, -0.05) is 41.4 Å². The number of nitrogens with one attached hydrogen (secondary N) is 1. The van der Waals surface area contributed by atoms with Crippen LogP contribution in [-0.4, -0.2) is 12.5 Å². The summed E-state index contributed by atoms with van der Waals surface area (Å²) in [6.45, 7) is 4.84. The molecule has 0 aromatic heterocycles. The van der Waals surface area contributed by atoms with Crippen LogP contribution in [-0.2, 0) is 6.61 Å². The van der Waals surface area contributed by atoms with E-state index in [1.807, 2.05) is 19.1 Å². The summed E-state index contributed by atoms with van der Waals surface area (Å²) in [6, 6.07) is 18.7. The van der Waals surface area contributed by atoms with Gasteiger partial charge in [0, 0.05) is 16.3 Å². The molecule has 0 fully saturated rings. The molecule has 29 heavy (non-hydrogen) atoms. The Hall–Kier alpha value is -2.25. The lowest BCUT2D eigenvalue weighted by molar-refractivity contribution is 0.102. The minimum atomic E-state index is -0.226. The Balaban J connectivity index is 1.80. The number of rotatable bonds is 7. The predicted octanol–water partition coefficient (Wildman–Crippen LogP) is 6.48. The Morgan fingerprint density at radius 1 is 1.03 bits per heavy atom. The fraction of sp³-hybridized carbons (Fsp3) is 0.174. The van der Waals surface area contributed by atoms with E-state index in [1.54, 1.807) is 36.4 Å². The van der Waals surface area contributed by atoms with Crippen LogP contribution in [0.5, 0.6) is 11.5 Å². The minimum Gasteiger partial charge on any atom is -0.490 e. The summed E-state index contributed by atoms with van der Waals surface area (Å²) in [4.78, 5) is 12.7. The highest BCUT2D eigenvalue weighted by Gasteiger charge is 2.16. The maximum absolute atomic E-state index is 12.7. The van der Waals surface area contributed by atoms with Gasteiger partial charge >= 0.3 is 0 Å². The second-order valence-corrected chi connectivity index (χ2v) is 8.05. The molecule has 6 heteroatoms. The average molecular weight is 522 g/mol. The third kappa shape index (κ3) is 5.87. The number of aryl methyl sites for hydroxylation is 1. The molecule has 0 bridgehead atoms. The van der Waals surface area contributed by atoms with E-state index >= 15 is 0 Å². The smallest absolute Gasteiger partial charge is 0.255 e. The molecule has 0 unspecified atom stereocenters. The molecular weight excluding hydrogens is 501 g/mol. The van der Waals surface area contributed by atoms with Gasteiger partial charge in [-0.15, -0.1) is 0 Å². The normalized spacial score (nSPS) is 10.5. The van der Waals surface area contributed by atoms with Crippen molar-refractivity contribution in [1.29, 1.82) is 0 Å². The van der Waals surface area contributed by atoms with Crippen molar-refractivity contribution in [2.75, 3.05) is 11.9 Å². The van der Waals surface area contributed by atoms with E-state index in [-0.39, 0.29) is 5.91 Å². The zero-order valence-electron chi connectivity index (χ0n) is 16.2. The lowest BCUT2D eigenvalue weighted by atomic mass is 10.1. The van der Waals surface area contributed by atoms with E-state index in [1.165, 1.54) is 5.56 Å². The highest BCUT2D eigenvalue weighted by molar-refractivity contribution is 14.1. The van der Waals surface area contributed by atoms with Crippen LogP contribution in [0.1, 0.15) is 28.4 Å². The first kappa shape index (κ1) is 21.5. The van der Waals surface area contributed by atoms with Gasteiger partial charge in [0.15, 0.2) is 11.5 Å². The maximum atomic E-state index is 12.7. The quantitative estimate of drug-likeness (QED) is 0.362. The van der Waals surface area contributed by atoms with Crippen molar-refractivity contribution in [2.45, 2.75) is 20.5 Å². The first-order valence-electron chi connectivity index (χ1n) is 9.18. The zero-order chi connectivity index (χ0) is 20.8. The van der Waals surface area contributed by atoms with E-state index in [2.05, 4.69) is 47.0 Å². The molecule has 150 valence electrons. The van der Waals surface area contributed by atoms with Crippen molar-refractivity contribution < 1.29 is 14.3 Å². The second kappa shape index (κ2) is 9.98. The number of halogens is 2. The Morgan fingerprint density at radius 3 is 2.38 bits per heavy atom. The first-order valence-corrected chi connectivity index (χ1v) is 10.6. The summed E-state index contributed by atoms with van der Waals surface area (Å²) in [5, 5.41) is 3.48. The number of carbonyl (C=O) groups excluding carboxylic acids is 1. The monoisotopic (exact) mass is 521 g/mol. The van der Waals surface area contributed by atoms with Crippen LogP contribution in [0.2, 0.25) is 5.02 Å². The Morgan fingerprint density at radius 2 is 1.72 bits per heavy atom. The Labute approximate surface area is 189 Å².